The van der Waals surface area contributed by atoms with E-state index in [4.69, 9.17) is 19.3 Å². The second kappa shape index (κ2) is 9.71. The van der Waals surface area contributed by atoms with E-state index >= 15 is 0 Å². The fourth-order valence-corrected chi connectivity index (χ4v) is 4.15. The van der Waals surface area contributed by atoms with Gasteiger partial charge in [-0.1, -0.05) is 18.2 Å². The molecule has 0 saturated carbocycles. The van der Waals surface area contributed by atoms with Crippen LogP contribution in [0.5, 0.6) is 17.2 Å². The Morgan fingerprint density at radius 3 is 2.61 bits per heavy atom. The largest absolute Gasteiger partial charge is 0.490 e. The molecule has 0 amide bonds. The van der Waals surface area contributed by atoms with Crippen LogP contribution in [0.1, 0.15) is 30.3 Å². The molecule has 2 aromatic rings. The van der Waals surface area contributed by atoms with Crippen LogP contribution in [0.3, 0.4) is 0 Å². The Morgan fingerprint density at radius 2 is 1.89 bits per heavy atom. The van der Waals surface area contributed by atoms with Gasteiger partial charge in [-0.15, -0.1) is 11.8 Å². The number of thioether (sulfide) groups is 1. The zero-order valence-electron chi connectivity index (χ0n) is 16.0. The van der Waals surface area contributed by atoms with Crippen molar-refractivity contribution in [2.75, 3.05) is 19.0 Å². The third-order valence-electron chi connectivity index (χ3n) is 4.25. The van der Waals surface area contributed by atoms with Crippen molar-refractivity contribution in [1.29, 1.82) is 0 Å². The average Bonchev–Trinajstić information content (AvgIpc) is 3.19. The summed E-state index contributed by atoms with van der Waals surface area (Å²) >= 11 is 1.59. The van der Waals surface area contributed by atoms with Crippen molar-refractivity contribution in [2.45, 2.75) is 31.9 Å². The summed E-state index contributed by atoms with van der Waals surface area (Å²) in [6.07, 6.45) is 0. The maximum absolute atomic E-state index is 11.1. The molecule has 2 atom stereocenters. The molecule has 0 unspecified atom stereocenters. The number of rotatable bonds is 9. The normalized spacial score (nSPS) is 18.6. The van der Waals surface area contributed by atoms with Gasteiger partial charge in [0.25, 0.3) is 0 Å². The van der Waals surface area contributed by atoms with Crippen LogP contribution in [0.4, 0.5) is 0 Å². The van der Waals surface area contributed by atoms with Gasteiger partial charge in [0, 0.05) is 5.75 Å². The van der Waals surface area contributed by atoms with E-state index in [2.05, 4.69) is 5.32 Å². The minimum atomic E-state index is -0.817. The topological polar surface area (TPSA) is 77.0 Å². The van der Waals surface area contributed by atoms with E-state index in [0.717, 1.165) is 22.6 Å². The monoisotopic (exact) mass is 403 g/mol. The smallest absolute Gasteiger partial charge is 0.321 e. The highest BCUT2D eigenvalue weighted by Gasteiger charge is 2.30. The number of carbonyl (C=O) groups is 1. The maximum Gasteiger partial charge on any atom is 0.321 e. The number of benzene rings is 2. The second-order valence-electron chi connectivity index (χ2n) is 6.28. The van der Waals surface area contributed by atoms with Gasteiger partial charge in [0.1, 0.15) is 18.4 Å². The standard InChI is InChI=1S/C21H25NO5S/c1-3-25-18-9-8-14(10-19(18)26-4-2)12-27-16-7-5-6-15(11-16)20-22-17(13-28-20)21(23)24/h5-11,17,20,22H,3-4,12-13H2,1-2H3,(H,23,24)/t17-,20-/m0/s1. The molecule has 1 fully saturated rings. The van der Waals surface area contributed by atoms with Gasteiger partial charge < -0.3 is 19.3 Å². The third-order valence-corrected chi connectivity index (χ3v) is 5.52. The maximum atomic E-state index is 11.1. The number of aliphatic carboxylic acids is 1. The summed E-state index contributed by atoms with van der Waals surface area (Å²) in [7, 11) is 0. The Morgan fingerprint density at radius 1 is 1.11 bits per heavy atom. The van der Waals surface area contributed by atoms with E-state index in [1.165, 1.54) is 0 Å². The lowest BCUT2D eigenvalue weighted by atomic mass is 10.2. The first-order valence-corrected chi connectivity index (χ1v) is 10.4. The minimum Gasteiger partial charge on any atom is -0.490 e. The quantitative estimate of drug-likeness (QED) is 0.658. The van der Waals surface area contributed by atoms with Gasteiger partial charge in [0.2, 0.25) is 0 Å². The fraction of sp³-hybridized carbons (Fsp3) is 0.381. The van der Waals surface area contributed by atoms with Crippen LogP contribution in [0.2, 0.25) is 0 Å². The summed E-state index contributed by atoms with van der Waals surface area (Å²) in [6.45, 7) is 5.43. The predicted molar refractivity (Wildman–Crippen MR) is 109 cm³/mol. The molecule has 28 heavy (non-hydrogen) atoms. The SMILES string of the molecule is CCOc1ccc(COc2cccc([C@H]3N[C@H](C(=O)O)CS3)c2)cc1OCC. The summed E-state index contributed by atoms with van der Waals surface area (Å²) in [5.41, 5.74) is 1.99. The van der Waals surface area contributed by atoms with Crippen LogP contribution >= 0.6 is 11.8 Å². The minimum absolute atomic E-state index is 0.0420. The Balaban J connectivity index is 1.65. The van der Waals surface area contributed by atoms with Crippen LogP contribution in [-0.2, 0) is 11.4 Å². The van der Waals surface area contributed by atoms with Crippen LogP contribution in [0.25, 0.3) is 0 Å². The lowest BCUT2D eigenvalue weighted by Crippen LogP contribution is -2.33. The first-order chi connectivity index (χ1) is 13.6. The van der Waals surface area contributed by atoms with E-state index < -0.39 is 12.0 Å². The average molecular weight is 404 g/mol. The number of hydrogen-bond acceptors (Lipinski definition) is 6. The molecule has 7 heteroatoms. The summed E-state index contributed by atoms with van der Waals surface area (Å²) in [5, 5.41) is 12.2. The lowest BCUT2D eigenvalue weighted by Gasteiger charge is -2.15. The van der Waals surface area contributed by atoms with E-state index in [1.54, 1.807) is 11.8 Å². The second-order valence-corrected chi connectivity index (χ2v) is 7.42. The molecule has 0 aliphatic carbocycles. The van der Waals surface area contributed by atoms with Crippen LogP contribution < -0.4 is 19.5 Å². The first kappa shape index (κ1) is 20.4. The van der Waals surface area contributed by atoms with E-state index in [-0.39, 0.29) is 5.37 Å². The highest BCUT2D eigenvalue weighted by Crippen LogP contribution is 2.34. The Labute approximate surface area is 169 Å². The lowest BCUT2D eigenvalue weighted by molar-refractivity contribution is -0.138. The first-order valence-electron chi connectivity index (χ1n) is 9.32. The summed E-state index contributed by atoms with van der Waals surface area (Å²) in [6, 6.07) is 13.0. The summed E-state index contributed by atoms with van der Waals surface area (Å²) in [5.74, 6) is 1.92. The van der Waals surface area contributed by atoms with Gasteiger partial charge in [-0.2, -0.15) is 0 Å². The third kappa shape index (κ3) is 5.11. The molecule has 0 spiro atoms. The van der Waals surface area contributed by atoms with Crippen molar-refractivity contribution in [3.63, 3.8) is 0 Å². The molecular weight excluding hydrogens is 378 g/mol. The van der Waals surface area contributed by atoms with Crippen LogP contribution in [-0.4, -0.2) is 36.1 Å². The van der Waals surface area contributed by atoms with E-state index in [0.29, 0.717) is 31.3 Å². The molecule has 0 bridgehead atoms. The van der Waals surface area contributed by atoms with E-state index in [1.807, 2.05) is 56.3 Å². The fourth-order valence-electron chi connectivity index (χ4n) is 2.93. The van der Waals surface area contributed by atoms with E-state index in [9.17, 15) is 4.79 Å². The highest BCUT2D eigenvalue weighted by molar-refractivity contribution is 7.99. The Bertz CT molecular complexity index is 813. The van der Waals surface area contributed by atoms with Gasteiger partial charge in [-0.05, 0) is 49.2 Å². The molecule has 1 aliphatic rings. The predicted octanol–water partition coefficient (Wildman–Crippen LogP) is 3.85. The van der Waals surface area contributed by atoms with Crippen molar-refractivity contribution >= 4 is 17.7 Å². The molecule has 1 saturated heterocycles. The molecule has 6 nitrogen and oxygen atoms in total. The highest BCUT2D eigenvalue weighted by atomic mass is 32.2. The molecule has 2 aromatic carbocycles. The molecule has 3 rings (SSSR count). The summed E-state index contributed by atoms with van der Waals surface area (Å²) in [4.78, 5) is 11.1. The molecule has 2 N–H and O–H groups in total. The van der Waals surface area contributed by atoms with Crippen molar-refractivity contribution in [3.8, 4) is 17.2 Å². The molecule has 1 heterocycles. The molecule has 0 radical (unpaired) electrons. The molecular formula is C21H25NO5S. The van der Waals surface area contributed by atoms with Gasteiger partial charge in [-0.25, -0.2) is 0 Å². The Kier molecular flexibility index (Phi) is 7.06. The molecule has 1 aliphatic heterocycles. The number of ether oxygens (including phenoxy) is 3. The molecule has 0 aromatic heterocycles. The zero-order chi connectivity index (χ0) is 19.9. The zero-order valence-corrected chi connectivity index (χ0v) is 16.8. The van der Waals surface area contributed by atoms with Gasteiger partial charge in [-0.3, -0.25) is 10.1 Å². The van der Waals surface area contributed by atoms with Crippen molar-refractivity contribution in [1.82, 2.24) is 5.32 Å². The summed E-state index contributed by atoms with van der Waals surface area (Å²) < 4.78 is 17.2. The molecule has 150 valence electrons. The number of nitrogens with one attached hydrogen (secondary N) is 1. The number of carboxylic acid groups (broad SMARTS) is 1. The van der Waals surface area contributed by atoms with Crippen molar-refractivity contribution in [2.24, 2.45) is 0 Å². The van der Waals surface area contributed by atoms with Crippen LogP contribution in [0, 0.1) is 0 Å². The number of carboxylic acids is 1. The number of hydrogen-bond donors (Lipinski definition) is 2. The van der Waals surface area contributed by atoms with Crippen molar-refractivity contribution < 1.29 is 24.1 Å². The Hall–Kier alpha value is -2.38. The van der Waals surface area contributed by atoms with Crippen molar-refractivity contribution in [3.05, 3.63) is 53.6 Å². The van der Waals surface area contributed by atoms with Crippen LogP contribution in [0.15, 0.2) is 42.5 Å². The van der Waals surface area contributed by atoms with Gasteiger partial charge in [0.05, 0.1) is 18.6 Å². The van der Waals surface area contributed by atoms with Gasteiger partial charge >= 0.3 is 5.97 Å². The van der Waals surface area contributed by atoms with Gasteiger partial charge in [0.15, 0.2) is 11.5 Å².